The van der Waals surface area contributed by atoms with E-state index >= 15 is 0 Å². The van der Waals surface area contributed by atoms with Crippen LogP contribution >= 0.6 is 57.6 Å². The fourth-order valence-corrected chi connectivity index (χ4v) is 3.42. The van der Waals surface area contributed by atoms with E-state index in [1.807, 2.05) is 12.1 Å². The van der Waals surface area contributed by atoms with Crippen LogP contribution in [-0.2, 0) is 0 Å². The maximum absolute atomic E-state index is 9.93. The Morgan fingerprint density at radius 2 is 1.88 bits per heavy atom. The van der Waals surface area contributed by atoms with Crippen LogP contribution in [0.3, 0.4) is 0 Å². The third-order valence-electron chi connectivity index (χ3n) is 2.43. The number of benzene rings is 1. The Kier molecular flexibility index (Phi) is 9.09. The Morgan fingerprint density at radius 3 is 2.47 bits per heavy atom. The van der Waals surface area contributed by atoms with Crippen LogP contribution in [0.15, 0.2) is 12.1 Å². The summed E-state index contributed by atoms with van der Waals surface area (Å²) in [4.78, 5) is 0. The first kappa shape index (κ1) is 17.7. The highest BCUT2D eigenvalue weighted by atomic mass is 127. The van der Waals surface area contributed by atoms with Gasteiger partial charge < -0.3 is 16.6 Å². The van der Waals surface area contributed by atoms with E-state index in [-0.39, 0.29) is 18.4 Å². The minimum atomic E-state index is -0.102. The first-order valence-electron chi connectivity index (χ1n) is 5.19. The highest BCUT2D eigenvalue weighted by molar-refractivity contribution is 14.1. The summed E-state index contributed by atoms with van der Waals surface area (Å²) in [6.07, 6.45) is 2.84. The number of halogens is 3. The first-order valence-corrected chi connectivity index (χ1v) is 7.35. The van der Waals surface area contributed by atoms with Crippen molar-refractivity contribution in [3.05, 3.63) is 24.8 Å². The van der Waals surface area contributed by atoms with Gasteiger partial charge in [-0.3, -0.25) is 0 Å². The fourth-order valence-electron chi connectivity index (χ4n) is 1.53. The quantitative estimate of drug-likeness (QED) is 0.446. The van der Waals surface area contributed by atoms with Crippen molar-refractivity contribution in [1.29, 1.82) is 0 Å². The van der Waals surface area contributed by atoms with Gasteiger partial charge in [0.1, 0.15) is 5.75 Å². The highest BCUT2D eigenvalue weighted by Crippen LogP contribution is 2.32. The van der Waals surface area contributed by atoms with Gasteiger partial charge in [0, 0.05) is 15.2 Å². The zero-order chi connectivity index (χ0) is 12.1. The normalized spacial score (nSPS) is 12.0. The third-order valence-corrected chi connectivity index (χ3v) is 3.87. The first-order chi connectivity index (χ1) is 7.56. The molecule has 0 aliphatic carbocycles. The molecule has 0 saturated heterocycles. The van der Waals surface area contributed by atoms with E-state index < -0.39 is 0 Å². The number of aromatic hydroxyl groups is 1. The van der Waals surface area contributed by atoms with Gasteiger partial charge in [0.2, 0.25) is 0 Å². The van der Waals surface area contributed by atoms with Gasteiger partial charge in [-0.2, -0.15) is 0 Å². The molecule has 1 rings (SSSR count). The van der Waals surface area contributed by atoms with Gasteiger partial charge in [-0.15, -0.1) is 12.4 Å². The maximum Gasteiger partial charge on any atom is 0.133 e. The van der Waals surface area contributed by atoms with Gasteiger partial charge in [0.15, 0.2) is 0 Å². The summed E-state index contributed by atoms with van der Waals surface area (Å²) in [5.41, 5.74) is 12.3. The average molecular weight is 483 g/mol. The average Bonchev–Trinajstić information content (AvgIpc) is 2.23. The van der Waals surface area contributed by atoms with Crippen LogP contribution in [0.2, 0.25) is 0 Å². The van der Waals surface area contributed by atoms with Crippen molar-refractivity contribution in [2.75, 3.05) is 6.54 Å². The fraction of sp³-hybridized carbons (Fsp3) is 0.455. The molecule has 0 heterocycles. The second-order valence-corrected chi connectivity index (χ2v) is 6.12. The van der Waals surface area contributed by atoms with E-state index in [4.69, 9.17) is 11.5 Å². The van der Waals surface area contributed by atoms with Crippen LogP contribution in [-0.4, -0.2) is 11.7 Å². The number of phenols is 1. The zero-order valence-corrected chi connectivity index (χ0v) is 14.5. The second kappa shape index (κ2) is 8.73. The lowest BCUT2D eigenvalue weighted by Crippen LogP contribution is -2.12. The minimum Gasteiger partial charge on any atom is -0.506 e. The Labute approximate surface area is 135 Å². The molecule has 3 nitrogen and oxygen atoms in total. The molecule has 0 amide bonds. The van der Waals surface area contributed by atoms with Crippen molar-refractivity contribution < 1.29 is 5.11 Å². The van der Waals surface area contributed by atoms with Crippen molar-refractivity contribution in [3.63, 3.8) is 0 Å². The summed E-state index contributed by atoms with van der Waals surface area (Å²) in [5, 5.41) is 9.93. The van der Waals surface area contributed by atoms with Gasteiger partial charge in [0.05, 0.1) is 3.57 Å². The summed E-state index contributed by atoms with van der Waals surface area (Å²) in [6, 6.07) is 3.78. The lowest BCUT2D eigenvalue weighted by Gasteiger charge is -2.15. The highest BCUT2D eigenvalue weighted by Gasteiger charge is 2.13. The molecule has 0 spiro atoms. The van der Waals surface area contributed by atoms with Gasteiger partial charge in [0.25, 0.3) is 0 Å². The lowest BCUT2D eigenvalue weighted by atomic mass is 10.0. The molecule has 1 aromatic carbocycles. The number of nitrogens with two attached hydrogens (primary N) is 2. The smallest absolute Gasteiger partial charge is 0.133 e. The van der Waals surface area contributed by atoms with E-state index in [1.165, 1.54) is 0 Å². The van der Waals surface area contributed by atoms with E-state index in [2.05, 4.69) is 45.2 Å². The van der Waals surface area contributed by atoms with Crippen molar-refractivity contribution >= 4 is 57.6 Å². The molecular formula is C11H17ClI2N2O. The molecule has 1 aromatic rings. The topological polar surface area (TPSA) is 72.3 Å². The number of unbranched alkanes of at least 4 members (excludes halogenated alkanes) is 1. The number of rotatable bonds is 5. The second-order valence-electron chi connectivity index (χ2n) is 3.72. The molecule has 0 fully saturated rings. The van der Waals surface area contributed by atoms with E-state index in [1.54, 1.807) is 0 Å². The molecule has 6 heteroatoms. The van der Waals surface area contributed by atoms with Crippen molar-refractivity contribution in [1.82, 2.24) is 0 Å². The number of hydrogen-bond acceptors (Lipinski definition) is 3. The summed E-state index contributed by atoms with van der Waals surface area (Å²) in [5.74, 6) is 0.321. The molecule has 0 unspecified atom stereocenters. The van der Waals surface area contributed by atoms with Crippen LogP contribution in [0.5, 0.6) is 5.75 Å². The summed E-state index contributed by atoms with van der Waals surface area (Å²) in [6.45, 7) is 0.697. The third kappa shape index (κ3) is 5.46. The molecule has 17 heavy (non-hydrogen) atoms. The Bertz CT molecular complexity index is 364. The molecule has 0 radical (unpaired) electrons. The van der Waals surface area contributed by atoms with Crippen molar-refractivity contribution in [3.8, 4) is 5.75 Å². The standard InChI is InChI=1S/C11H16I2N2O.ClH/c12-7-5-8(11(16)9(13)6-7)10(15)3-1-2-4-14;/h5-6,10,16H,1-4,14-15H2;1H/t10-;/m1./s1. The SMILES string of the molecule is Cl.NCCCC[C@@H](N)c1cc(I)cc(I)c1O. The van der Waals surface area contributed by atoms with Crippen molar-refractivity contribution in [2.45, 2.75) is 25.3 Å². The van der Waals surface area contributed by atoms with Gasteiger partial charge in [-0.05, 0) is 76.7 Å². The maximum atomic E-state index is 9.93. The molecule has 0 aliphatic rings. The molecule has 0 aliphatic heterocycles. The Balaban J connectivity index is 0.00000256. The molecule has 98 valence electrons. The molecule has 5 N–H and O–H groups in total. The van der Waals surface area contributed by atoms with Crippen LogP contribution in [0.4, 0.5) is 0 Å². The van der Waals surface area contributed by atoms with Crippen LogP contribution in [0.1, 0.15) is 30.9 Å². The molecule has 0 saturated carbocycles. The Hall–Kier alpha value is 0.690. The molecular weight excluding hydrogens is 465 g/mol. The monoisotopic (exact) mass is 482 g/mol. The number of phenolic OH excluding ortho intramolecular Hbond substituents is 1. The van der Waals surface area contributed by atoms with Crippen LogP contribution in [0.25, 0.3) is 0 Å². The van der Waals surface area contributed by atoms with E-state index in [0.717, 1.165) is 32.0 Å². The zero-order valence-electron chi connectivity index (χ0n) is 9.33. The predicted molar refractivity (Wildman–Crippen MR) is 90.6 cm³/mol. The van der Waals surface area contributed by atoms with Crippen molar-refractivity contribution in [2.24, 2.45) is 11.5 Å². The largest absolute Gasteiger partial charge is 0.506 e. The Morgan fingerprint density at radius 1 is 1.24 bits per heavy atom. The van der Waals surface area contributed by atoms with Gasteiger partial charge in [-0.1, -0.05) is 6.42 Å². The van der Waals surface area contributed by atoms with E-state index in [0.29, 0.717) is 12.3 Å². The summed E-state index contributed by atoms with van der Waals surface area (Å²) in [7, 11) is 0. The molecule has 0 bridgehead atoms. The van der Waals surface area contributed by atoms with Gasteiger partial charge >= 0.3 is 0 Å². The molecule has 1 atom stereocenters. The van der Waals surface area contributed by atoms with Crippen LogP contribution < -0.4 is 11.5 Å². The van der Waals surface area contributed by atoms with Gasteiger partial charge in [-0.25, -0.2) is 0 Å². The minimum absolute atomic E-state index is 0. The lowest BCUT2D eigenvalue weighted by molar-refractivity contribution is 0.452. The predicted octanol–water partition coefficient (Wildman–Crippen LogP) is 3.15. The summed E-state index contributed by atoms with van der Waals surface area (Å²) < 4.78 is 1.96. The van der Waals surface area contributed by atoms with E-state index in [9.17, 15) is 5.11 Å². The summed E-state index contributed by atoms with van der Waals surface area (Å²) >= 11 is 4.36. The van der Waals surface area contributed by atoms with Crippen LogP contribution in [0, 0.1) is 7.14 Å². The number of hydrogen-bond donors (Lipinski definition) is 3. The molecule has 0 aromatic heterocycles.